The van der Waals surface area contributed by atoms with Crippen LogP contribution in [0, 0.1) is 0 Å². The van der Waals surface area contributed by atoms with Gasteiger partial charge in [0.15, 0.2) is 4.67 Å². The smallest absolute Gasteiger partial charge is 0.335 e. The van der Waals surface area contributed by atoms with Crippen LogP contribution in [0.2, 0.25) is 5.02 Å². The average Bonchev–Trinajstić information content (AvgIpc) is 2.82. The maximum absolute atomic E-state index is 12.6. The van der Waals surface area contributed by atoms with E-state index in [1.54, 1.807) is 18.2 Å². The maximum Gasteiger partial charge on any atom is 0.335 e. The molecule has 3 rings (SSSR count). The molecule has 1 fully saturated rings. The molecule has 0 bridgehead atoms. The van der Waals surface area contributed by atoms with E-state index in [0.29, 0.717) is 14.2 Å². The zero-order chi connectivity index (χ0) is 17.4. The molecule has 2 heterocycles. The minimum absolute atomic E-state index is 0.233. The van der Waals surface area contributed by atoms with Crippen LogP contribution in [0.15, 0.2) is 49.5 Å². The molecule has 1 aliphatic heterocycles. The molecular formula is C15H7Br2ClN2O4. The SMILES string of the molecule is O=C1NC(=O)N(c2cccc(Cl)c2)C(=O)/C1=C/c1cc(Br)c(Br)o1. The van der Waals surface area contributed by atoms with Gasteiger partial charge < -0.3 is 4.42 Å². The van der Waals surface area contributed by atoms with Crippen LogP contribution in [0.3, 0.4) is 0 Å². The number of nitrogens with one attached hydrogen (secondary N) is 1. The summed E-state index contributed by atoms with van der Waals surface area (Å²) < 4.78 is 6.38. The number of nitrogens with zero attached hydrogens (tertiary/aromatic N) is 1. The molecule has 1 N–H and O–H groups in total. The highest BCUT2D eigenvalue weighted by atomic mass is 79.9. The van der Waals surface area contributed by atoms with Gasteiger partial charge in [-0.3, -0.25) is 14.9 Å². The molecule has 0 aliphatic carbocycles. The minimum Gasteiger partial charge on any atom is -0.449 e. The molecule has 6 nitrogen and oxygen atoms in total. The van der Waals surface area contributed by atoms with E-state index in [-0.39, 0.29) is 17.0 Å². The number of halogens is 3. The molecule has 1 aliphatic rings. The summed E-state index contributed by atoms with van der Waals surface area (Å²) in [6.45, 7) is 0. The van der Waals surface area contributed by atoms with Gasteiger partial charge in [-0.15, -0.1) is 0 Å². The average molecular weight is 474 g/mol. The summed E-state index contributed by atoms with van der Waals surface area (Å²) >= 11 is 12.3. The second kappa shape index (κ2) is 6.54. The minimum atomic E-state index is -0.841. The number of amides is 4. The third-order valence-corrected chi connectivity index (χ3v) is 5.06. The molecule has 24 heavy (non-hydrogen) atoms. The Bertz CT molecular complexity index is 887. The normalized spacial score (nSPS) is 16.7. The number of hydrogen-bond acceptors (Lipinski definition) is 4. The highest BCUT2D eigenvalue weighted by Crippen LogP contribution is 2.29. The fraction of sp³-hybridized carbons (Fsp3) is 0. The van der Waals surface area contributed by atoms with Crippen LogP contribution in [0.25, 0.3) is 6.08 Å². The highest BCUT2D eigenvalue weighted by Gasteiger charge is 2.37. The van der Waals surface area contributed by atoms with E-state index in [1.807, 2.05) is 0 Å². The van der Waals surface area contributed by atoms with Crippen LogP contribution in [0.1, 0.15) is 5.76 Å². The number of carbonyl (C=O) groups is 3. The topological polar surface area (TPSA) is 79.6 Å². The summed E-state index contributed by atoms with van der Waals surface area (Å²) in [6, 6.07) is 6.93. The van der Waals surface area contributed by atoms with Gasteiger partial charge in [0.05, 0.1) is 10.2 Å². The van der Waals surface area contributed by atoms with Crippen LogP contribution >= 0.6 is 43.5 Å². The Morgan fingerprint density at radius 3 is 2.54 bits per heavy atom. The first-order valence-corrected chi connectivity index (χ1v) is 8.45. The highest BCUT2D eigenvalue weighted by molar-refractivity contribution is 9.13. The number of furan rings is 1. The van der Waals surface area contributed by atoms with Crippen molar-refractivity contribution >= 4 is 73.1 Å². The zero-order valence-electron chi connectivity index (χ0n) is 11.7. The van der Waals surface area contributed by atoms with E-state index in [9.17, 15) is 14.4 Å². The van der Waals surface area contributed by atoms with Crippen LogP contribution in [-0.4, -0.2) is 17.8 Å². The van der Waals surface area contributed by atoms with Crippen molar-refractivity contribution in [3.8, 4) is 0 Å². The number of carbonyl (C=O) groups excluding carboxylic acids is 3. The van der Waals surface area contributed by atoms with Crippen molar-refractivity contribution in [3.63, 3.8) is 0 Å². The summed E-state index contributed by atoms with van der Waals surface area (Å²) in [5, 5.41) is 2.48. The Morgan fingerprint density at radius 2 is 1.92 bits per heavy atom. The van der Waals surface area contributed by atoms with Crippen molar-refractivity contribution in [1.82, 2.24) is 5.32 Å². The molecule has 0 saturated carbocycles. The Labute approximate surface area is 157 Å². The van der Waals surface area contributed by atoms with Crippen molar-refractivity contribution < 1.29 is 18.8 Å². The van der Waals surface area contributed by atoms with Crippen LogP contribution < -0.4 is 10.2 Å². The number of rotatable bonds is 2. The lowest BCUT2D eigenvalue weighted by Crippen LogP contribution is -2.54. The molecule has 4 amide bonds. The monoisotopic (exact) mass is 472 g/mol. The van der Waals surface area contributed by atoms with Gasteiger partial charge in [-0.05, 0) is 62.2 Å². The molecule has 122 valence electrons. The second-order valence-electron chi connectivity index (χ2n) is 4.71. The Kier molecular flexibility index (Phi) is 4.62. The van der Waals surface area contributed by atoms with Crippen molar-refractivity contribution in [2.75, 3.05) is 4.90 Å². The van der Waals surface area contributed by atoms with Crippen molar-refractivity contribution in [2.24, 2.45) is 0 Å². The third kappa shape index (κ3) is 3.17. The quantitative estimate of drug-likeness (QED) is 0.525. The van der Waals surface area contributed by atoms with Gasteiger partial charge in [0, 0.05) is 5.02 Å². The van der Waals surface area contributed by atoms with E-state index in [2.05, 4.69) is 37.2 Å². The summed E-state index contributed by atoms with van der Waals surface area (Å²) in [7, 11) is 0. The number of urea groups is 1. The van der Waals surface area contributed by atoms with Gasteiger partial charge in [-0.25, -0.2) is 9.69 Å². The molecule has 1 aromatic carbocycles. The zero-order valence-corrected chi connectivity index (χ0v) is 15.6. The second-order valence-corrected chi connectivity index (χ2v) is 6.72. The number of anilines is 1. The maximum atomic E-state index is 12.6. The van der Waals surface area contributed by atoms with Crippen LogP contribution in [0.4, 0.5) is 10.5 Å². The Morgan fingerprint density at radius 1 is 1.17 bits per heavy atom. The molecular weight excluding hydrogens is 467 g/mol. The number of barbiturate groups is 1. The molecule has 0 unspecified atom stereocenters. The van der Waals surface area contributed by atoms with Crippen LogP contribution in [-0.2, 0) is 9.59 Å². The predicted molar refractivity (Wildman–Crippen MR) is 94.6 cm³/mol. The summed E-state index contributed by atoms with van der Waals surface area (Å²) in [5.74, 6) is -1.30. The van der Waals surface area contributed by atoms with Gasteiger partial charge in [0.25, 0.3) is 11.8 Å². The lowest BCUT2D eigenvalue weighted by Gasteiger charge is -2.26. The Hall–Kier alpha value is -1.90. The number of hydrogen-bond donors (Lipinski definition) is 1. The summed E-state index contributed by atoms with van der Waals surface area (Å²) in [5.41, 5.74) is 0.0218. The molecule has 1 saturated heterocycles. The fourth-order valence-corrected chi connectivity index (χ4v) is 2.88. The first kappa shape index (κ1) is 16.9. The summed E-state index contributed by atoms with van der Waals surface area (Å²) in [4.78, 5) is 37.5. The van der Waals surface area contributed by atoms with E-state index < -0.39 is 17.8 Å². The molecule has 9 heteroatoms. The number of benzene rings is 1. The standard InChI is InChI=1S/C15H7Br2ClN2O4/c16-11-6-9(24-12(11)17)5-10-13(21)19-15(23)20(14(10)22)8-3-1-2-7(18)4-8/h1-6H,(H,19,21,23)/b10-5+. The van der Waals surface area contributed by atoms with E-state index in [0.717, 1.165) is 4.90 Å². The first-order valence-electron chi connectivity index (χ1n) is 6.48. The van der Waals surface area contributed by atoms with Crippen molar-refractivity contribution in [1.29, 1.82) is 0 Å². The fourth-order valence-electron chi connectivity index (χ4n) is 2.08. The molecule has 0 spiro atoms. The molecule has 1 aromatic heterocycles. The van der Waals surface area contributed by atoms with Crippen molar-refractivity contribution in [2.45, 2.75) is 0 Å². The third-order valence-electron chi connectivity index (χ3n) is 3.12. The lowest BCUT2D eigenvalue weighted by atomic mass is 10.1. The molecule has 0 radical (unpaired) electrons. The van der Waals surface area contributed by atoms with Gasteiger partial charge in [0.1, 0.15) is 11.3 Å². The molecule has 2 aromatic rings. The first-order chi connectivity index (χ1) is 11.4. The lowest BCUT2D eigenvalue weighted by molar-refractivity contribution is -0.122. The predicted octanol–water partition coefficient (Wildman–Crippen LogP) is 4.12. The summed E-state index contributed by atoms with van der Waals surface area (Å²) in [6.07, 6.45) is 1.26. The number of imide groups is 2. The van der Waals surface area contributed by atoms with Gasteiger partial charge in [-0.1, -0.05) is 17.7 Å². The Balaban J connectivity index is 2.03. The van der Waals surface area contributed by atoms with Crippen molar-refractivity contribution in [3.05, 3.63) is 55.8 Å². The van der Waals surface area contributed by atoms with E-state index in [4.69, 9.17) is 16.0 Å². The van der Waals surface area contributed by atoms with Gasteiger partial charge >= 0.3 is 6.03 Å². The van der Waals surface area contributed by atoms with Gasteiger partial charge in [0.2, 0.25) is 0 Å². The van der Waals surface area contributed by atoms with E-state index in [1.165, 1.54) is 18.2 Å². The molecule has 0 atom stereocenters. The van der Waals surface area contributed by atoms with Gasteiger partial charge in [-0.2, -0.15) is 0 Å². The largest absolute Gasteiger partial charge is 0.449 e. The van der Waals surface area contributed by atoms with E-state index >= 15 is 0 Å². The van der Waals surface area contributed by atoms with Crippen LogP contribution in [0.5, 0.6) is 0 Å².